The third-order valence-electron chi connectivity index (χ3n) is 2.34. The van der Waals surface area contributed by atoms with Crippen molar-refractivity contribution in [2.24, 2.45) is 0 Å². The van der Waals surface area contributed by atoms with Gasteiger partial charge in [0.1, 0.15) is 0 Å². The summed E-state index contributed by atoms with van der Waals surface area (Å²) >= 11 is 6.99. The van der Waals surface area contributed by atoms with Crippen LogP contribution >= 0.6 is 31.9 Å². The Morgan fingerprint density at radius 1 is 0.929 bits per heavy atom. The molecule has 0 atom stereocenters. The van der Waals surface area contributed by atoms with Crippen LogP contribution in [0.1, 0.15) is 11.1 Å². The molecule has 2 heteroatoms. The van der Waals surface area contributed by atoms with E-state index in [0.717, 1.165) is 10.7 Å². The fourth-order valence-electron chi connectivity index (χ4n) is 1.58. The van der Waals surface area contributed by atoms with Crippen LogP contribution in [0.15, 0.2) is 36.4 Å². The molecule has 0 unspecified atom stereocenters. The van der Waals surface area contributed by atoms with E-state index in [9.17, 15) is 0 Å². The van der Waals surface area contributed by atoms with Gasteiger partial charge in [-0.25, -0.2) is 0 Å². The van der Waals surface area contributed by atoms with E-state index in [1.807, 2.05) is 0 Å². The van der Waals surface area contributed by atoms with Crippen LogP contribution in [0.25, 0.3) is 10.8 Å². The summed E-state index contributed by atoms with van der Waals surface area (Å²) in [5.41, 5.74) is 2.68. The third-order valence-corrected chi connectivity index (χ3v) is 3.59. The smallest absolute Gasteiger partial charge is 0.0289 e. The van der Waals surface area contributed by atoms with Crippen LogP contribution in [0.3, 0.4) is 0 Å². The first-order chi connectivity index (χ1) is 6.85. The predicted molar refractivity (Wildman–Crippen MR) is 69.2 cm³/mol. The van der Waals surface area contributed by atoms with Crippen LogP contribution in [-0.2, 0) is 10.7 Å². The average Bonchev–Trinajstić information content (AvgIpc) is 2.27. The second kappa shape index (κ2) is 4.45. The van der Waals surface area contributed by atoms with Crippen molar-refractivity contribution in [2.75, 3.05) is 0 Å². The Kier molecular flexibility index (Phi) is 3.24. The van der Waals surface area contributed by atoms with Gasteiger partial charge >= 0.3 is 0 Å². The molecule has 0 fully saturated rings. The highest BCUT2D eigenvalue weighted by Crippen LogP contribution is 2.23. The molecule has 0 spiro atoms. The van der Waals surface area contributed by atoms with Crippen molar-refractivity contribution in [2.45, 2.75) is 10.7 Å². The summed E-state index contributed by atoms with van der Waals surface area (Å²) < 4.78 is 0. The molecule has 0 nitrogen and oxygen atoms in total. The molecule has 0 aromatic heterocycles. The normalized spacial score (nSPS) is 10.7. The molecule has 0 aliphatic rings. The molecule has 0 amide bonds. The van der Waals surface area contributed by atoms with E-state index in [1.54, 1.807) is 0 Å². The predicted octanol–water partition coefficient (Wildman–Crippen LogP) is 4.63. The summed E-state index contributed by atoms with van der Waals surface area (Å²) in [4.78, 5) is 0. The topological polar surface area (TPSA) is 0 Å². The maximum absolute atomic E-state index is 3.51. The average molecular weight is 314 g/mol. The van der Waals surface area contributed by atoms with Crippen LogP contribution in [0, 0.1) is 0 Å². The Morgan fingerprint density at radius 3 is 2.50 bits per heavy atom. The molecule has 2 aromatic carbocycles. The molecule has 2 rings (SSSR count). The lowest BCUT2D eigenvalue weighted by molar-refractivity contribution is 1.43. The molecule has 0 bridgehead atoms. The molecule has 0 heterocycles. The second-order valence-corrected chi connectivity index (χ2v) is 4.36. The molecule has 0 saturated heterocycles. The lowest BCUT2D eigenvalue weighted by atomic mass is 10.0. The van der Waals surface area contributed by atoms with E-state index in [0.29, 0.717) is 0 Å². The van der Waals surface area contributed by atoms with E-state index in [4.69, 9.17) is 0 Å². The van der Waals surface area contributed by atoms with Gasteiger partial charge < -0.3 is 0 Å². The Hall–Kier alpha value is -0.340. The van der Waals surface area contributed by atoms with Crippen molar-refractivity contribution in [3.8, 4) is 0 Å². The largest absolute Gasteiger partial charge is 0.0876 e. The number of fused-ring (bicyclic) bond motifs is 1. The number of hydrogen-bond acceptors (Lipinski definition) is 0. The van der Waals surface area contributed by atoms with Gasteiger partial charge in [0.05, 0.1) is 0 Å². The number of alkyl halides is 2. The van der Waals surface area contributed by atoms with Gasteiger partial charge in [-0.15, -0.1) is 0 Å². The van der Waals surface area contributed by atoms with Crippen molar-refractivity contribution in [3.05, 3.63) is 47.5 Å². The van der Waals surface area contributed by atoms with E-state index in [1.165, 1.54) is 21.9 Å². The fraction of sp³-hybridized carbons (Fsp3) is 0.167. The Labute approximate surface area is 101 Å². The zero-order valence-corrected chi connectivity index (χ0v) is 10.8. The van der Waals surface area contributed by atoms with Crippen molar-refractivity contribution in [3.63, 3.8) is 0 Å². The van der Waals surface area contributed by atoms with Crippen molar-refractivity contribution >= 4 is 42.6 Å². The quantitative estimate of drug-likeness (QED) is 0.709. The minimum absolute atomic E-state index is 0.913. The van der Waals surface area contributed by atoms with Gasteiger partial charge in [0.25, 0.3) is 0 Å². The van der Waals surface area contributed by atoms with Gasteiger partial charge in [-0.3, -0.25) is 0 Å². The monoisotopic (exact) mass is 312 g/mol. The molecule has 0 radical (unpaired) electrons. The molecular formula is C12H10Br2. The van der Waals surface area contributed by atoms with Crippen LogP contribution in [0.5, 0.6) is 0 Å². The van der Waals surface area contributed by atoms with Crippen molar-refractivity contribution in [1.82, 2.24) is 0 Å². The molecule has 72 valence electrons. The standard InChI is InChI=1S/C12H10Br2/c13-7-9-4-5-10-2-1-3-11(8-14)12(10)6-9/h1-6H,7-8H2. The molecule has 0 N–H and O–H groups in total. The van der Waals surface area contributed by atoms with E-state index in [-0.39, 0.29) is 0 Å². The van der Waals surface area contributed by atoms with Gasteiger partial charge in [-0.05, 0) is 21.9 Å². The highest BCUT2D eigenvalue weighted by atomic mass is 79.9. The van der Waals surface area contributed by atoms with Crippen molar-refractivity contribution in [1.29, 1.82) is 0 Å². The summed E-state index contributed by atoms with van der Waals surface area (Å²) in [7, 11) is 0. The molecule has 0 saturated carbocycles. The first-order valence-corrected chi connectivity index (χ1v) is 6.72. The number of benzene rings is 2. The summed E-state index contributed by atoms with van der Waals surface area (Å²) in [6.45, 7) is 0. The van der Waals surface area contributed by atoms with Crippen molar-refractivity contribution < 1.29 is 0 Å². The van der Waals surface area contributed by atoms with Gasteiger partial charge in [-0.2, -0.15) is 0 Å². The lowest BCUT2D eigenvalue weighted by Crippen LogP contribution is -1.84. The van der Waals surface area contributed by atoms with Crippen LogP contribution < -0.4 is 0 Å². The van der Waals surface area contributed by atoms with Gasteiger partial charge in [0.15, 0.2) is 0 Å². The van der Waals surface area contributed by atoms with Crippen LogP contribution in [0.4, 0.5) is 0 Å². The number of rotatable bonds is 2. The van der Waals surface area contributed by atoms with Gasteiger partial charge in [0, 0.05) is 10.7 Å². The van der Waals surface area contributed by atoms with E-state index >= 15 is 0 Å². The van der Waals surface area contributed by atoms with Gasteiger partial charge in [-0.1, -0.05) is 68.3 Å². The summed E-state index contributed by atoms with van der Waals surface area (Å²) in [6.07, 6.45) is 0. The van der Waals surface area contributed by atoms with Crippen LogP contribution in [-0.4, -0.2) is 0 Å². The summed E-state index contributed by atoms with van der Waals surface area (Å²) in [5.74, 6) is 0. The Balaban J connectivity index is 2.70. The van der Waals surface area contributed by atoms with Crippen LogP contribution in [0.2, 0.25) is 0 Å². The minimum Gasteiger partial charge on any atom is -0.0876 e. The molecule has 2 aromatic rings. The maximum atomic E-state index is 3.51. The SMILES string of the molecule is BrCc1ccc2cccc(CBr)c2c1. The highest BCUT2D eigenvalue weighted by Gasteiger charge is 2.00. The van der Waals surface area contributed by atoms with E-state index < -0.39 is 0 Å². The fourth-order valence-corrected chi connectivity index (χ4v) is 2.42. The minimum atomic E-state index is 0.913. The zero-order valence-electron chi connectivity index (χ0n) is 7.63. The first-order valence-electron chi connectivity index (χ1n) is 4.47. The summed E-state index contributed by atoms with van der Waals surface area (Å²) in [6, 6.07) is 13.0. The molecule has 14 heavy (non-hydrogen) atoms. The molecule has 0 aliphatic carbocycles. The highest BCUT2D eigenvalue weighted by molar-refractivity contribution is 9.08. The maximum Gasteiger partial charge on any atom is 0.0289 e. The Morgan fingerprint density at radius 2 is 1.79 bits per heavy atom. The third kappa shape index (κ3) is 1.86. The number of hydrogen-bond donors (Lipinski definition) is 0. The molecular weight excluding hydrogens is 304 g/mol. The van der Waals surface area contributed by atoms with Gasteiger partial charge in [0.2, 0.25) is 0 Å². The first kappa shape index (κ1) is 10.2. The summed E-state index contributed by atoms with van der Waals surface area (Å²) in [5, 5.41) is 4.49. The number of halogens is 2. The molecule has 0 aliphatic heterocycles. The second-order valence-electron chi connectivity index (χ2n) is 3.24. The lowest BCUT2D eigenvalue weighted by Gasteiger charge is -2.04. The van der Waals surface area contributed by atoms with E-state index in [2.05, 4.69) is 68.3 Å². The Bertz CT molecular complexity index is 449. The zero-order chi connectivity index (χ0) is 9.97.